The van der Waals surface area contributed by atoms with E-state index >= 15 is 0 Å². The fourth-order valence-corrected chi connectivity index (χ4v) is 4.68. The molecule has 7 nitrogen and oxygen atoms in total. The second-order valence-corrected chi connectivity index (χ2v) is 10.0. The summed E-state index contributed by atoms with van der Waals surface area (Å²) in [7, 11) is -3.28. The molecule has 1 fully saturated rings. The predicted molar refractivity (Wildman–Crippen MR) is 110 cm³/mol. The van der Waals surface area contributed by atoms with Gasteiger partial charge >= 0.3 is 6.03 Å². The molecule has 2 N–H and O–H groups in total. The number of hydrogen-bond donors (Lipinski definition) is 2. The number of urea groups is 1. The number of carbonyl (C=O) groups is 1. The van der Waals surface area contributed by atoms with Crippen LogP contribution in [0.3, 0.4) is 0 Å². The lowest BCUT2D eigenvalue weighted by Gasteiger charge is -2.32. The maximum atomic E-state index is 13.6. The van der Waals surface area contributed by atoms with Crippen molar-refractivity contribution in [2.75, 3.05) is 19.3 Å². The van der Waals surface area contributed by atoms with E-state index < -0.39 is 16.1 Å². The molecule has 1 aromatic heterocycles. The van der Waals surface area contributed by atoms with Gasteiger partial charge in [-0.25, -0.2) is 21.9 Å². The Bertz CT molecular complexity index is 1000. The normalized spacial score (nSPS) is 19.4. The summed E-state index contributed by atoms with van der Waals surface area (Å²) in [6.07, 6.45) is 2.59. The van der Waals surface area contributed by atoms with Crippen LogP contribution in [0.25, 0.3) is 11.0 Å². The molecule has 160 valence electrons. The number of nitrogens with one attached hydrogen (secondary N) is 2. The molecule has 9 heteroatoms. The molecule has 0 saturated carbocycles. The van der Waals surface area contributed by atoms with E-state index in [2.05, 4.69) is 10.6 Å². The number of piperidine rings is 1. The van der Waals surface area contributed by atoms with E-state index in [9.17, 15) is 17.6 Å². The number of amides is 2. The van der Waals surface area contributed by atoms with Gasteiger partial charge in [0.15, 0.2) is 0 Å². The van der Waals surface area contributed by atoms with E-state index in [1.165, 1.54) is 22.7 Å². The van der Waals surface area contributed by atoms with Crippen LogP contribution in [0.5, 0.6) is 0 Å². The summed E-state index contributed by atoms with van der Waals surface area (Å²) in [5.41, 5.74) is 1.36. The zero-order valence-electron chi connectivity index (χ0n) is 17.2. The number of carbonyl (C=O) groups excluding carboxylic acids is 1. The third-order valence-corrected chi connectivity index (χ3v) is 6.63. The number of benzene rings is 1. The number of rotatable bonds is 5. The highest BCUT2D eigenvalue weighted by Gasteiger charge is 2.29. The van der Waals surface area contributed by atoms with Crippen LogP contribution in [0.1, 0.15) is 44.1 Å². The molecule has 2 heterocycles. The Morgan fingerprint density at radius 3 is 2.72 bits per heavy atom. The number of fused-ring (bicyclic) bond motifs is 1. The van der Waals surface area contributed by atoms with Crippen molar-refractivity contribution < 1.29 is 22.0 Å². The topological polar surface area (TPSA) is 91.7 Å². The van der Waals surface area contributed by atoms with E-state index in [0.717, 1.165) is 5.56 Å². The van der Waals surface area contributed by atoms with Crippen LogP contribution in [-0.2, 0) is 10.0 Å². The lowest BCUT2D eigenvalue weighted by Crippen LogP contribution is -2.52. The lowest BCUT2D eigenvalue weighted by molar-refractivity contribution is 0.216. The summed E-state index contributed by atoms with van der Waals surface area (Å²) in [6, 6.07) is 3.32. The van der Waals surface area contributed by atoms with Gasteiger partial charge in [-0.05, 0) is 43.9 Å². The lowest BCUT2D eigenvalue weighted by atomic mass is 9.98. The Morgan fingerprint density at radius 2 is 2.07 bits per heavy atom. The summed E-state index contributed by atoms with van der Waals surface area (Å²) >= 11 is 0. The summed E-state index contributed by atoms with van der Waals surface area (Å²) in [4.78, 5) is 12.6. The largest absolute Gasteiger partial charge is 0.459 e. The van der Waals surface area contributed by atoms with Crippen molar-refractivity contribution in [3.8, 4) is 0 Å². The molecule has 0 bridgehead atoms. The van der Waals surface area contributed by atoms with E-state index in [-0.39, 0.29) is 30.4 Å². The van der Waals surface area contributed by atoms with Crippen molar-refractivity contribution in [3.05, 3.63) is 35.3 Å². The highest BCUT2D eigenvalue weighted by atomic mass is 32.2. The maximum Gasteiger partial charge on any atom is 0.315 e. The van der Waals surface area contributed by atoms with Crippen LogP contribution in [0.15, 0.2) is 22.6 Å². The van der Waals surface area contributed by atoms with E-state index in [4.69, 9.17) is 4.42 Å². The summed E-state index contributed by atoms with van der Waals surface area (Å²) in [6.45, 7) is 6.51. The quantitative estimate of drug-likeness (QED) is 0.769. The minimum atomic E-state index is -3.28. The van der Waals surface area contributed by atoms with Crippen molar-refractivity contribution in [1.82, 2.24) is 14.9 Å². The van der Waals surface area contributed by atoms with E-state index in [1.807, 2.05) is 20.8 Å². The fraction of sp³-hybridized carbons (Fsp3) is 0.550. The van der Waals surface area contributed by atoms with Gasteiger partial charge in [-0.15, -0.1) is 0 Å². The molecule has 1 aliphatic heterocycles. The molecule has 29 heavy (non-hydrogen) atoms. The third-order valence-electron chi connectivity index (χ3n) is 5.36. The average molecular weight is 426 g/mol. The number of sulfonamides is 1. The van der Waals surface area contributed by atoms with Crippen molar-refractivity contribution >= 4 is 27.0 Å². The Balaban J connectivity index is 1.74. The first-order valence-corrected chi connectivity index (χ1v) is 11.6. The van der Waals surface area contributed by atoms with Gasteiger partial charge in [-0.2, -0.15) is 0 Å². The standard InChI is InChI=1S/C20H28FN3O4S/c1-12(2)18(19-13(3)16-10-14(21)7-8-17(16)28-19)23-20(25)22-15-6-5-9-24(11-15)29(4,26)27/h7-8,10,12,15,18H,5-6,9,11H2,1-4H3,(H2,22,23,25)/t15?,18-/m0/s1. The smallest absolute Gasteiger partial charge is 0.315 e. The number of aryl methyl sites for hydroxylation is 1. The number of furan rings is 1. The second kappa shape index (κ2) is 8.31. The molecular formula is C20H28FN3O4S. The zero-order valence-corrected chi connectivity index (χ0v) is 18.0. The van der Waals surface area contributed by atoms with E-state index in [1.54, 1.807) is 6.07 Å². The summed E-state index contributed by atoms with van der Waals surface area (Å²) in [5.74, 6) is 0.286. The molecule has 2 atom stereocenters. The molecule has 1 saturated heterocycles. The first kappa shape index (κ1) is 21.6. The van der Waals surface area contributed by atoms with Gasteiger partial charge in [0.2, 0.25) is 10.0 Å². The molecule has 0 spiro atoms. The van der Waals surface area contributed by atoms with Gasteiger partial charge < -0.3 is 15.1 Å². The van der Waals surface area contributed by atoms with E-state index in [0.29, 0.717) is 36.1 Å². The van der Waals surface area contributed by atoms with Gasteiger partial charge in [0.25, 0.3) is 0 Å². The van der Waals surface area contributed by atoms with Crippen LogP contribution < -0.4 is 10.6 Å². The molecule has 3 rings (SSSR count). The SMILES string of the molecule is Cc1c([C@@H](NC(=O)NC2CCCN(S(C)(=O)=O)C2)C(C)C)oc2ccc(F)cc12. The number of halogens is 1. The van der Waals surface area contributed by atoms with Gasteiger partial charge in [-0.1, -0.05) is 13.8 Å². The Hall–Kier alpha value is -2.13. The summed E-state index contributed by atoms with van der Waals surface area (Å²) in [5, 5.41) is 6.51. The molecule has 2 amide bonds. The fourth-order valence-electron chi connectivity index (χ4n) is 3.77. The highest BCUT2D eigenvalue weighted by molar-refractivity contribution is 7.88. The first-order valence-electron chi connectivity index (χ1n) is 9.77. The molecule has 0 radical (unpaired) electrons. The number of hydrogen-bond acceptors (Lipinski definition) is 4. The van der Waals surface area contributed by atoms with Gasteiger partial charge in [0.05, 0.1) is 12.3 Å². The van der Waals surface area contributed by atoms with Crippen LogP contribution in [0.4, 0.5) is 9.18 Å². The molecule has 1 aliphatic rings. The van der Waals surface area contributed by atoms with Gasteiger partial charge in [-0.3, -0.25) is 0 Å². The van der Waals surface area contributed by atoms with Crippen molar-refractivity contribution in [2.24, 2.45) is 5.92 Å². The van der Waals surface area contributed by atoms with Crippen LogP contribution in [-0.4, -0.2) is 44.1 Å². The number of nitrogens with zero attached hydrogens (tertiary/aromatic N) is 1. The van der Waals surface area contributed by atoms with Crippen molar-refractivity contribution in [3.63, 3.8) is 0 Å². The van der Waals surface area contributed by atoms with Crippen molar-refractivity contribution in [1.29, 1.82) is 0 Å². The molecule has 1 aromatic carbocycles. The second-order valence-electron chi connectivity index (χ2n) is 8.03. The zero-order chi connectivity index (χ0) is 21.3. The Kier molecular flexibility index (Phi) is 6.19. The van der Waals surface area contributed by atoms with Gasteiger partial charge in [0.1, 0.15) is 17.2 Å². The van der Waals surface area contributed by atoms with Crippen LogP contribution >= 0.6 is 0 Å². The first-order chi connectivity index (χ1) is 13.6. The van der Waals surface area contributed by atoms with Gasteiger partial charge in [0, 0.05) is 30.1 Å². The molecule has 2 aromatic rings. The maximum absolute atomic E-state index is 13.6. The molecule has 0 aliphatic carbocycles. The Morgan fingerprint density at radius 1 is 1.34 bits per heavy atom. The predicted octanol–water partition coefficient (Wildman–Crippen LogP) is 3.30. The van der Waals surface area contributed by atoms with Crippen LogP contribution in [0, 0.1) is 18.7 Å². The minimum absolute atomic E-state index is 0.0312. The Labute approximate surface area is 170 Å². The van der Waals surface area contributed by atoms with Crippen molar-refractivity contribution in [2.45, 2.75) is 45.7 Å². The minimum Gasteiger partial charge on any atom is -0.459 e. The summed E-state index contributed by atoms with van der Waals surface area (Å²) < 4.78 is 44.5. The molecule has 1 unspecified atom stereocenters. The van der Waals surface area contributed by atoms with Crippen LogP contribution in [0.2, 0.25) is 0 Å². The third kappa shape index (κ3) is 4.90. The highest BCUT2D eigenvalue weighted by Crippen LogP contribution is 2.33. The molecular weight excluding hydrogens is 397 g/mol. The monoisotopic (exact) mass is 425 g/mol. The average Bonchev–Trinajstić information content (AvgIpc) is 2.95.